The van der Waals surface area contributed by atoms with Gasteiger partial charge in [0.15, 0.2) is 0 Å². The van der Waals surface area contributed by atoms with Gasteiger partial charge in [-0.15, -0.1) is 11.3 Å². The molecule has 0 aliphatic rings. The normalized spacial score (nSPS) is 11.8. The molecule has 0 spiro atoms. The number of carboxylic acid groups (broad SMARTS) is 1. The molecule has 1 heterocycles. The van der Waals surface area contributed by atoms with Gasteiger partial charge in [0.2, 0.25) is 0 Å². The van der Waals surface area contributed by atoms with Gasteiger partial charge in [-0.25, -0.2) is 4.98 Å². The van der Waals surface area contributed by atoms with Crippen LogP contribution < -0.4 is 4.74 Å². The van der Waals surface area contributed by atoms with E-state index in [1.165, 1.54) is 0 Å². The van der Waals surface area contributed by atoms with E-state index in [-0.39, 0.29) is 6.42 Å². The van der Waals surface area contributed by atoms with Crippen molar-refractivity contribution in [2.75, 3.05) is 7.11 Å². The Hall–Kier alpha value is -3.18. The lowest BCUT2D eigenvalue weighted by atomic mass is 9.99. The number of hydrogen-bond donors (Lipinski definition) is 1. The monoisotopic (exact) mass is 389 g/mol. The second kappa shape index (κ2) is 7.82. The number of fused-ring (bicyclic) bond motifs is 2. The van der Waals surface area contributed by atoms with Crippen molar-refractivity contribution in [3.8, 4) is 5.75 Å². The van der Waals surface area contributed by atoms with Gasteiger partial charge in [0.1, 0.15) is 10.8 Å². The molecule has 3 aromatic carbocycles. The fourth-order valence-corrected chi connectivity index (χ4v) is 4.28. The SMILES string of the molecule is COc1ccc2ccccc2c1C=C(CCC(=O)O)c1nc2ccccc2s1. The number of hydrogen-bond acceptors (Lipinski definition) is 4. The fraction of sp³-hybridized carbons (Fsp3) is 0.130. The summed E-state index contributed by atoms with van der Waals surface area (Å²) in [6, 6.07) is 20.0. The number of rotatable bonds is 6. The number of methoxy groups -OCH3 is 1. The highest BCUT2D eigenvalue weighted by atomic mass is 32.1. The van der Waals surface area contributed by atoms with E-state index in [4.69, 9.17) is 9.72 Å². The topological polar surface area (TPSA) is 59.4 Å². The summed E-state index contributed by atoms with van der Waals surface area (Å²) in [6.07, 6.45) is 2.48. The largest absolute Gasteiger partial charge is 0.496 e. The minimum absolute atomic E-state index is 0.0504. The molecule has 140 valence electrons. The number of nitrogens with zero attached hydrogens (tertiary/aromatic N) is 1. The number of thiazole rings is 1. The van der Waals surface area contributed by atoms with Crippen molar-refractivity contribution in [2.24, 2.45) is 0 Å². The Balaban J connectivity index is 1.90. The molecule has 4 aromatic rings. The molecule has 4 rings (SSSR count). The molecule has 0 bridgehead atoms. The summed E-state index contributed by atoms with van der Waals surface area (Å²) in [7, 11) is 1.65. The zero-order chi connectivity index (χ0) is 19.5. The molecule has 4 nitrogen and oxygen atoms in total. The van der Waals surface area contributed by atoms with Crippen LogP contribution in [0.25, 0.3) is 32.6 Å². The van der Waals surface area contributed by atoms with Crippen LogP contribution in [0.5, 0.6) is 5.75 Å². The van der Waals surface area contributed by atoms with Gasteiger partial charge in [-0.05, 0) is 47.0 Å². The van der Waals surface area contributed by atoms with Crippen molar-refractivity contribution in [1.82, 2.24) is 4.98 Å². The van der Waals surface area contributed by atoms with Gasteiger partial charge in [0.05, 0.1) is 17.3 Å². The maximum absolute atomic E-state index is 11.2. The lowest BCUT2D eigenvalue weighted by molar-refractivity contribution is -0.136. The first-order valence-electron chi connectivity index (χ1n) is 9.00. The van der Waals surface area contributed by atoms with Crippen LogP contribution >= 0.6 is 11.3 Å². The number of carbonyl (C=O) groups is 1. The zero-order valence-corrected chi connectivity index (χ0v) is 16.2. The summed E-state index contributed by atoms with van der Waals surface area (Å²) < 4.78 is 6.68. The first-order chi connectivity index (χ1) is 13.7. The summed E-state index contributed by atoms with van der Waals surface area (Å²) in [5.41, 5.74) is 2.77. The van der Waals surface area contributed by atoms with Crippen LogP contribution in [0.2, 0.25) is 0 Å². The van der Waals surface area contributed by atoms with Crippen LogP contribution in [0.1, 0.15) is 23.4 Å². The van der Waals surface area contributed by atoms with Crippen LogP contribution in [0, 0.1) is 0 Å². The minimum Gasteiger partial charge on any atom is -0.496 e. The van der Waals surface area contributed by atoms with Crippen LogP contribution in [0.4, 0.5) is 0 Å². The lowest BCUT2D eigenvalue weighted by Crippen LogP contribution is -1.96. The van der Waals surface area contributed by atoms with Crippen LogP contribution in [-0.2, 0) is 4.79 Å². The highest BCUT2D eigenvalue weighted by Gasteiger charge is 2.14. The Bertz CT molecular complexity index is 1160. The summed E-state index contributed by atoms with van der Waals surface area (Å²) in [6.45, 7) is 0. The molecule has 0 saturated carbocycles. The fourth-order valence-electron chi connectivity index (χ4n) is 3.27. The number of allylic oxidation sites excluding steroid dienone is 1. The van der Waals surface area contributed by atoms with E-state index in [1.807, 2.05) is 54.6 Å². The second-order valence-corrected chi connectivity index (χ2v) is 7.48. The van der Waals surface area contributed by atoms with E-state index in [2.05, 4.69) is 12.1 Å². The van der Waals surface area contributed by atoms with E-state index in [9.17, 15) is 9.90 Å². The van der Waals surface area contributed by atoms with E-state index in [0.29, 0.717) is 6.42 Å². The molecule has 0 fully saturated rings. The van der Waals surface area contributed by atoms with Crippen molar-refractivity contribution >= 4 is 49.9 Å². The van der Waals surface area contributed by atoms with Gasteiger partial charge in [-0.2, -0.15) is 0 Å². The highest BCUT2D eigenvalue weighted by Crippen LogP contribution is 2.35. The molecule has 0 amide bonds. The average Bonchev–Trinajstić information content (AvgIpc) is 3.15. The lowest BCUT2D eigenvalue weighted by Gasteiger charge is -2.11. The number of ether oxygens (including phenoxy) is 1. The Labute approximate surface area is 166 Å². The van der Waals surface area contributed by atoms with Crippen molar-refractivity contribution < 1.29 is 14.6 Å². The number of aliphatic carboxylic acids is 1. The minimum atomic E-state index is -0.822. The van der Waals surface area contributed by atoms with E-state index < -0.39 is 5.97 Å². The Kier molecular flexibility index (Phi) is 5.08. The van der Waals surface area contributed by atoms with Crippen molar-refractivity contribution in [2.45, 2.75) is 12.8 Å². The van der Waals surface area contributed by atoms with Gasteiger partial charge in [0, 0.05) is 12.0 Å². The molecule has 28 heavy (non-hydrogen) atoms. The van der Waals surface area contributed by atoms with Gasteiger partial charge in [0.25, 0.3) is 0 Å². The molecule has 5 heteroatoms. The maximum atomic E-state index is 11.2. The maximum Gasteiger partial charge on any atom is 0.303 e. The number of aromatic nitrogens is 1. The van der Waals surface area contributed by atoms with E-state index in [0.717, 1.165) is 42.9 Å². The third-order valence-electron chi connectivity index (χ3n) is 4.65. The van der Waals surface area contributed by atoms with Gasteiger partial charge in [-0.3, -0.25) is 4.79 Å². The first-order valence-corrected chi connectivity index (χ1v) is 9.81. The molecular formula is C23H19NO3S. The highest BCUT2D eigenvalue weighted by molar-refractivity contribution is 7.19. The number of benzene rings is 3. The predicted octanol–water partition coefficient (Wildman–Crippen LogP) is 5.86. The third-order valence-corrected chi connectivity index (χ3v) is 5.76. The summed E-state index contributed by atoms with van der Waals surface area (Å²) in [5.74, 6) is -0.0652. The number of carboxylic acids is 1. The summed E-state index contributed by atoms with van der Waals surface area (Å²) in [5, 5.41) is 12.2. The average molecular weight is 389 g/mol. The van der Waals surface area contributed by atoms with E-state index in [1.54, 1.807) is 18.4 Å². The zero-order valence-electron chi connectivity index (χ0n) is 15.4. The van der Waals surface area contributed by atoms with E-state index >= 15 is 0 Å². The molecule has 0 aliphatic heterocycles. The van der Waals surface area contributed by atoms with Gasteiger partial charge >= 0.3 is 5.97 Å². The van der Waals surface area contributed by atoms with Crippen LogP contribution in [-0.4, -0.2) is 23.2 Å². The standard InChI is InChI=1S/C23H19NO3S/c1-27-20-12-10-15-6-2-3-7-17(15)18(20)14-16(11-13-22(25)26)23-24-19-8-4-5-9-21(19)28-23/h2-10,12,14H,11,13H2,1H3,(H,25,26). The molecule has 1 N–H and O–H groups in total. The Morgan fingerprint density at radius 3 is 2.64 bits per heavy atom. The Morgan fingerprint density at radius 2 is 1.86 bits per heavy atom. The summed E-state index contributed by atoms with van der Waals surface area (Å²) in [4.78, 5) is 16.0. The molecule has 0 atom stereocenters. The van der Waals surface area contributed by atoms with Crippen LogP contribution in [0.3, 0.4) is 0 Å². The molecule has 1 aromatic heterocycles. The molecular weight excluding hydrogens is 370 g/mol. The quantitative estimate of drug-likeness (QED) is 0.448. The summed E-state index contributed by atoms with van der Waals surface area (Å²) >= 11 is 1.58. The van der Waals surface area contributed by atoms with Gasteiger partial charge in [-0.1, -0.05) is 42.5 Å². The van der Waals surface area contributed by atoms with Gasteiger partial charge < -0.3 is 9.84 Å². The smallest absolute Gasteiger partial charge is 0.303 e. The molecule has 0 aliphatic carbocycles. The van der Waals surface area contributed by atoms with Crippen molar-refractivity contribution in [1.29, 1.82) is 0 Å². The third kappa shape index (κ3) is 3.62. The van der Waals surface area contributed by atoms with Crippen molar-refractivity contribution in [3.05, 3.63) is 71.2 Å². The predicted molar refractivity (Wildman–Crippen MR) is 115 cm³/mol. The number of para-hydroxylation sites is 1. The van der Waals surface area contributed by atoms with Crippen molar-refractivity contribution in [3.63, 3.8) is 0 Å². The molecule has 0 saturated heterocycles. The molecule has 0 unspecified atom stereocenters. The van der Waals surface area contributed by atoms with Crippen LogP contribution in [0.15, 0.2) is 60.7 Å². The Morgan fingerprint density at radius 1 is 1.07 bits per heavy atom. The second-order valence-electron chi connectivity index (χ2n) is 6.45. The molecule has 0 radical (unpaired) electrons. The first kappa shape index (κ1) is 18.2.